The van der Waals surface area contributed by atoms with Gasteiger partial charge in [0.1, 0.15) is 5.82 Å². The molecule has 1 aliphatic rings. The Kier molecular flexibility index (Phi) is 3.42. The van der Waals surface area contributed by atoms with Crippen molar-refractivity contribution in [1.29, 1.82) is 0 Å². The largest absolute Gasteiger partial charge is 0.207 e. The molecule has 0 radical (unpaired) electrons. The molecule has 1 unspecified atom stereocenters. The fraction of sp³-hybridized carbons (Fsp3) is 0.385. The van der Waals surface area contributed by atoms with Gasteiger partial charge in [-0.25, -0.2) is 4.39 Å². The maximum Gasteiger partial charge on any atom is 0.123 e. The van der Waals surface area contributed by atoms with E-state index < -0.39 is 0 Å². The molecule has 1 aromatic carbocycles. The molecule has 2 rings (SSSR count). The van der Waals surface area contributed by atoms with Gasteiger partial charge in [-0.3, -0.25) is 0 Å². The Morgan fingerprint density at radius 3 is 2.93 bits per heavy atom. The second kappa shape index (κ2) is 4.80. The molecule has 0 bridgehead atoms. The van der Waals surface area contributed by atoms with E-state index in [1.165, 1.54) is 11.6 Å². The van der Waals surface area contributed by atoms with Crippen LogP contribution in [0.2, 0.25) is 0 Å². The average molecular weight is 225 g/mol. The number of hydrogen-bond donors (Lipinski definition) is 0. The fourth-order valence-electron chi connectivity index (χ4n) is 1.97. The van der Waals surface area contributed by atoms with E-state index >= 15 is 0 Å². The summed E-state index contributed by atoms with van der Waals surface area (Å²) in [5.41, 5.74) is 2.16. The van der Waals surface area contributed by atoms with Gasteiger partial charge in [0.15, 0.2) is 0 Å². The van der Waals surface area contributed by atoms with Crippen LogP contribution in [0.5, 0.6) is 0 Å². The van der Waals surface area contributed by atoms with E-state index in [2.05, 4.69) is 6.08 Å². The lowest BCUT2D eigenvalue weighted by Gasteiger charge is -2.06. The van der Waals surface area contributed by atoms with E-state index in [9.17, 15) is 4.39 Å². The van der Waals surface area contributed by atoms with Gasteiger partial charge in [-0.1, -0.05) is 24.6 Å². The van der Waals surface area contributed by atoms with Gasteiger partial charge in [-0.05, 0) is 42.5 Å². The monoisotopic (exact) mass is 224 g/mol. The van der Waals surface area contributed by atoms with Crippen LogP contribution in [0.4, 0.5) is 4.39 Å². The van der Waals surface area contributed by atoms with Gasteiger partial charge in [0.2, 0.25) is 0 Å². The summed E-state index contributed by atoms with van der Waals surface area (Å²) in [6, 6.07) is 6.75. The molecule has 0 heterocycles. The Morgan fingerprint density at radius 1 is 1.27 bits per heavy atom. The van der Waals surface area contributed by atoms with Crippen molar-refractivity contribution in [2.45, 2.75) is 31.1 Å². The Hall–Kier alpha value is -0.820. The first-order chi connectivity index (χ1) is 7.25. The molecule has 0 N–H and O–H groups in total. The van der Waals surface area contributed by atoms with Crippen LogP contribution >= 0.6 is 11.6 Å². The number of halogens is 2. The lowest BCUT2D eigenvalue weighted by Crippen LogP contribution is -1.91. The second-order valence-corrected chi connectivity index (χ2v) is 4.52. The highest BCUT2D eigenvalue weighted by Crippen LogP contribution is 2.28. The van der Waals surface area contributed by atoms with Crippen LogP contribution in [0, 0.1) is 5.82 Å². The summed E-state index contributed by atoms with van der Waals surface area (Å²) in [5, 5.41) is 0.103. The molecule has 0 aromatic heterocycles. The number of rotatable bonds is 1. The van der Waals surface area contributed by atoms with Crippen molar-refractivity contribution in [1.82, 2.24) is 0 Å². The third-order valence-corrected chi connectivity index (χ3v) is 3.10. The summed E-state index contributed by atoms with van der Waals surface area (Å²) < 4.78 is 13.1. The number of hydrogen-bond acceptors (Lipinski definition) is 0. The Bertz CT molecular complexity index is 371. The van der Waals surface area contributed by atoms with Crippen molar-refractivity contribution in [3.8, 4) is 0 Å². The normalized spacial score (nSPS) is 22.0. The summed E-state index contributed by atoms with van der Waals surface area (Å²) in [5.74, 6) is -0.177. The Labute approximate surface area is 94.8 Å². The topological polar surface area (TPSA) is 0 Å². The van der Waals surface area contributed by atoms with Crippen molar-refractivity contribution < 1.29 is 4.39 Å². The number of alkyl halides is 1. The van der Waals surface area contributed by atoms with Gasteiger partial charge in [0, 0.05) is 0 Å². The smallest absolute Gasteiger partial charge is 0.123 e. The summed E-state index contributed by atoms with van der Waals surface area (Å²) in [4.78, 5) is 0. The fourth-order valence-corrected chi connectivity index (χ4v) is 2.27. The van der Waals surface area contributed by atoms with E-state index in [1.54, 1.807) is 12.1 Å². The third-order valence-electron chi connectivity index (χ3n) is 2.75. The zero-order valence-electron chi connectivity index (χ0n) is 8.55. The van der Waals surface area contributed by atoms with Crippen LogP contribution in [-0.2, 0) is 0 Å². The molecular formula is C13H14ClF. The first-order valence-electron chi connectivity index (χ1n) is 5.36. The summed E-state index contributed by atoms with van der Waals surface area (Å²) in [7, 11) is 0. The van der Waals surface area contributed by atoms with Gasteiger partial charge in [-0.2, -0.15) is 0 Å². The molecule has 0 saturated carbocycles. The molecule has 0 saturated heterocycles. The van der Waals surface area contributed by atoms with Crippen LogP contribution in [0.25, 0.3) is 5.57 Å². The third kappa shape index (κ3) is 2.82. The SMILES string of the molecule is Fc1cccc(C2=CC(Cl)CCCC2)c1. The molecule has 0 nitrogen and oxygen atoms in total. The molecule has 1 aromatic rings. The predicted octanol–water partition coefficient (Wildman–Crippen LogP) is 4.39. The molecule has 1 atom stereocenters. The van der Waals surface area contributed by atoms with Crippen LogP contribution in [0.3, 0.4) is 0 Å². The Morgan fingerprint density at radius 2 is 2.13 bits per heavy atom. The van der Waals surface area contributed by atoms with Gasteiger partial charge in [0.05, 0.1) is 5.38 Å². The van der Waals surface area contributed by atoms with E-state index in [0.717, 1.165) is 31.2 Å². The van der Waals surface area contributed by atoms with Gasteiger partial charge in [-0.15, -0.1) is 11.6 Å². The standard InChI is InChI=1S/C13H14ClF/c14-12-6-2-1-4-10(8-12)11-5-3-7-13(15)9-11/h3,5,7-9,12H,1-2,4,6H2. The molecule has 0 spiro atoms. The minimum atomic E-state index is -0.177. The zero-order chi connectivity index (χ0) is 10.7. The number of benzene rings is 1. The Balaban J connectivity index is 2.28. The number of allylic oxidation sites excluding steroid dienone is 2. The van der Waals surface area contributed by atoms with Crippen molar-refractivity contribution in [2.75, 3.05) is 0 Å². The lowest BCUT2D eigenvalue weighted by molar-refractivity contribution is 0.627. The summed E-state index contributed by atoms with van der Waals surface area (Å²) >= 11 is 6.14. The predicted molar refractivity (Wildman–Crippen MR) is 62.5 cm³/mol. The van der Waals surface area contributed by atoms with Gasteiger partial charge >= 0.3 is 0 Å². The lowest BCUT2D eigenvalue weighted by atomic mass is 10.0. The van der Waals surface area contributed by atoms with E-state index in [4.69, 9.17) is 11.6 Å². The van der Waals surface area contributed by atoms with Crippen LogP contribution in [-0.4, -0.2) is 5.38 Å². The molecule has 0 amide bonds. The summed E-state index contributed by atoms with van der Waals surface area (Å²) in [6.07, 6.45) is 6.41. The minimum absolute atomic E-state index is 0.103. The first kappa shape index (κ1) is 10.7. The molecular weight excluding hydrogens is 211 g/mol. The van der Waals surface area contributed by atoms with E-state index in [1.807, 2.05) is 6.07 Å². The molecule has 15 heavy (non-hydrogen) atoms. The van der Waals surface area contributed by atoms with Gasteiger partial charge < -0.3 is 0 Å². The molecule has 0 fully saturated rings. The van der Waals surface area contributed by atoms with Crippen LogP contribution in [0.15, 0.2) is 30.3 Å². The van der Waals surface area contributed by atoms with Crippen LogP contribution < -0.4 is 0 Å². The molecule has 2 heteroatoms. The van der Waals surface area contributed by atoms with Crippen molar-refractivity contribution in [3.05, 3.63) is 41.7 Å². The van der Waals surface area contributed by atoms with Crippen LogP contribution in [0.1, 0.15) is 31.2 Å². The quantitative estimate of drug-likeness (QED) is 0.621. The van der Waals surface area contributed by atoms with Crippen molar-refractivity contribution in [3.63, 3.8) is 0 Å². The highest BCUT2D eigenvalue weighted by atomic mass is 35.5. The molecule has 0 aliphatic heterocycles. The first-order valence-corrected chi connectivity index (χ1v) is 5.80. The molecule has 80 valence electrons. The van der Waals surface area contributed by atoms with E-state index in [-0.39, 0.29) is 11.2 Å². The van der Waals surface area contributed by atoms with Crippen molar-refractivity contribution >= 4 is 17.2 Å². The van der Waals surface area contributed by atoms with Gasteiger partial charge in [0.25, 0.3) is 0 Å². The summed E-state index contributed by atoms with van der Waals surface area (Å²) in [6.45, 7) is 0. The maximum atomic E-state index is 13.1. The highest BCUT2D eigenvalue weighted by molar-refractivity contribution is 6.22. The second-order valence-electron chi connectivity index (χ2n) is 3.96. The maximum absolute atomic E-state index is 13.1. The van der Waals surface area contributed by atoms with Crippen molar-refractivity contribution in [2.24, 2.45) is 0 Å². The minimum Gasteiger partial charge on any atom is -0.207 e. The zero-order valence-corrected chi connectivity index (χ0v) is 9.30. The molecule has 1 aliphatic carbocycles. The average Bonchev–Trinajstić information content (AvgIpc) is 2.43. The van der Waals surface area contributed by atoms with E-state index in [0.29, 0.717) is 0 Å². The highest BCUT2D eigenvalue weighted by Gasteiger charge is 2.11.